The summed E-state index contributed by atoms with van der Waals surface area (Å²) in [6.07, 6.45) is 1.76. The number of hydrogen-bond acceptors (Lipinski definition) is 6. The molecule has 0 radical (unpaired) electrons. The Hall–Kier alpha value is -2.38. The highest BCUT2D eigenvalue weighted by molar-refractivity contribution is 5.91. The second-order valence-corrected chi connectivity index (χ2v) is 6.89. The van der Waals surface area contributed by atoms with Gasteiger partial charge in [-0.05, 0) is 50.9 Å². The molecule has 2 unspecified atom stereocenters. The molecule has 7 heteroatoms. The number of anilines is 1. The fourth-order valence-electron chi connectivity index (χ4n) is 3.56. The van der Waals surface area contributed by atoms with Crippen LogP contribution in [0.5, 0.6) is 5.75 Å². The standard InChI is InChI=1S/C19H25N3O4/c1-13-11-18(26-21-13)20-17(23)12-22-10-4-5-16(22)19(2,24)14-6-8-15(25-3)9-7-14/h6-9,11,16,24H,4-5,10,12H2,1-3H3,(H,20,23). The van der Waals surface area contributed by atoms with Gasteiger partial charge in [-0.15, -0.1) is 0 Å². The second kappa shape index (κ2) is 7.47. The van der Waals surface area contributed by atoms with E-state index in [0.29, 0.717) is 11.6 Å². The molecule has 2 heterocycles. The lowest BCUT2D eigenvalue weighted by molar-refractivity contribution is -0.119. The maximum atomic E-state index is 12.3. The summed E-state index contributed by atoms with van der Waals surface area (Å²) in [7, 11) is 1.61. The first kappa shape index (κ1) is 18.4. The number of ether oxygens (including phenoxy) is 1. The number of aryl methyl sites for hydroxylation is 1. The second-order valence-electron chi connectivity index (χ2n) is 6.89. The third kappa shape index (κ3) is 3.89. The summed E-state index contributed by atoms with van der Waals surface area (Å²) in [5.41, 5.74) is 0.453. The Morgan fingerprint density at radius 2 is 2.19 bits per heavy atom. The van der Waals surface area contributed by atoms with Gasteiger partial charge in [0.25, 0.3) is 0 Å². The maximum absolute atomic E-state index is 12.3. The summed E-state index contributed by atoms with van der Waals surface area (Å²) in [4.78, 5) is 14.3. The fourth-order valence-corrected chi connectivity index (χ4v) is 3.56. The Morgan fingerprint density at radius 1 is 1.46 bits per heavy atom. The molecule has 26 heavy (non-hydrogen) atoms. The highest BCUT2D eigenvalue weighted by atomic mass is 16.5. The average molecular weight is 359 g/mol. The predicted molar refractivity (Wildman–Crippen MR) is 97.0 cm³/mol. The molecule has 2 aromatic rings. The summed E-state index contributed by atoms with van der Waals surface area (Å²) in [6, 6.07) is 8.94. The summed E-state index contributed by atoms with van der Waals surface area (Å²) in [5.74, 6) is 0.901. The Kier molecular flexibility index (Phi) is 5.29. The van der Waals surface area contributed by atoms with Crippen LogP contribution in [0.2, 0.25) is 0 Å². The van der Waals surface area contributed by atoms with Gasteiger partial charge in [0.1, 0.15) is 11.4 Å². The minimum absolute atomic E-state index is 0.141. The molecule has 1 amide bonds. The van der Waals surface area contributed by atoms with Gasteiger partial charge in [-0.2, -0.15) is 0 Å². The summed E-state index contributed by atoms with van der Waals surface area (Å²) >= 11 is 0. The van der Waals surface area contributed by atoms with E-state index in [1.165, 1.54) is 0 Å². The van der Waals surface area contributed by atoms with E-state index in [1.807, 2.05) is 29.2 Å². The molecule has 0 saturated carbocycles. The molecule has 2 atom stereocenters. The van der Waals surface area contributed by atoms with Crippen LogP contribution in [0, 0.1) is 6.92 Å². The van der Waals surface area contributed by atoms with Crippen molar-refractivity contribution in [1.29, 1.82) is 0 Å². The van der Waals surface area contributed by atoms with Crippen molar-refractivity contribution in [3.05, 3.63) is 41.6 Å². The Morgan fingerprint density at radius 3 is 2.81 bits per heavy atom. The van der Waals surface area contributed by atoms with Gasteiger partial charge >= 0.3 is 0 Å². The quantitative estimate of drug-likeness (QED) is 0.823. The lowest BCUT2D eigenvalue weighted by Crippen LogP contribution is -2.48. The average Bonchev–Trinajstić information content (AvgIpc) is 3.24. The van der Waals surface area contributed by atoms with E-state index in [-0.39, 0.29) is 18.5 Å². The Bertz CT molecular complexity index is 754. The molecule has 2 N–H and O–H groups in total. The topological polar surface area (TPSA) is 87.8 Å². The van der Waals surface area contributed by atoms with Crippen molar-refractivity contribution in [2.24, 2.45) is 0 Å². The van der Waals surface area contributed by atoms with Crippen molar-refractivity contribution in [2.45, 2.75) is 38.3 Å². The molecule has 0 spiro atoms. The van der Waals surface area contributed by atoms with Crippen LogP contribution in [0.4, 0.5) is 5.88 Å². The van der Waals surface area contributed by atoms with E-state index in [1.54, 1.807) is 27.0 Å². The summed E-state index contributed by atoms with van der Waals surface area (Å²) in [5, 5.41) is 17.6. The molecule has 0 aliphatic carbocycles. The monoisotopic (exact) mass is 359 g/mol. The molecule has 7 nitrogen and oxygen atoms in total. The number of amides is 1. The van der Waals surface area contributed by atoms with Crippen LogP contribution >= 0.6 is 0 Å². The van der Waals surface area contributed by atoms with Crippen molar-refractivity contribution in [2.75, 3.05) is 25.5 Å². The van der Waals surface area contributed by atoms with Crippen LogP contribution in [0.25, 0.3) is 0 Å². The van der Waals surface area contributed by atoms with E-state index in [2.05, 4.69) is 10.5 Å². The fraction of sp³-hybridized carbons (Fsp3) is 0.474. The number of carbonyl (C=O) groups is 1. The SMILES string of the molecule is COc1ccc(C(C)(O)C2CCCN2CC(=O)Nc2cc(C)no2)cc1. The van der Waals surface area contributed by atoms with Gasteiger partial charge in [-0.1, -0.05) is 17.3 Å². The van der Waals surface area contributed by atoms with Crippen LogP contribution < -0.4 is 10.1 Å². The van der Waals surface area contributed by atoms with Crippen molar-refractivity contribution in [3.63, 3.8) is 0 Å². The smallest absolute Gasteiger partial charge is 0.240 e. The first-order valence-electron chi connectivity index (χ1n) is 8.74. The molecule has 1 aliphatic heterocycles. The van der Waals surface area contributed by atoms with Crippen LogP contribution in [0.1, 0.15) is 31.0 Å². The molecular weight excluding hydrogens is 334 g/mol. The maximum Gasteiger partial charge on any atom is 0.240 e. The minimum Gasteiger partial charge on any atom is -0.497 e. The highest BCUT2D eigenvalue weighted by Gasteiger charge is 2.41. The number of carbonyl (C=O) groups excluding carboxylic acids is 1. The van der Waals surface area contributed by atoms with E-state index in [0.717, 1.165) is 30.7 Å². The van der Waals surface area contributed by atoms with Gasteiger partial charge in [0.05, 0.1) is 19.3 Å². The zero-order chi connectivity index (χ0) is 18.7. The predicted octanol–water partition coefficient (Wildman–Crippen LogP) is 2.30. The van der Waals surface area contributed by atoms with Gasteiger partial charge in [0.2, 0.25) is 11.8 Å². The number of rotatable bonds is 6. The summed E-state index contributed by atoms with van der Waals surface area (Å²) in [6.45, 7) is 4.55. The normalized spacial score (nSPS) is 19.9. The number of benzene rings is 1. The van der Waals surface area contributed by atoms with E-state index in [4.69, 9.17) is 9.26 Å². The minimum atomic E-state index is -1.06. The van der Waals surface area contributed by atoms with E-state index < -0.39 is 5.60 Å². The van der Waals surface area contributed by atoms with Crippen LogP contribution in [-0.2, 0) is 10.4 Å². The first-order chi connectivity index (χ1) is 12.4. The Labute approximate surface area is 152 Å². The third-order valence-corrected chi connectivity index (χ3v) is 4.92. The first-order valence-corrected chi connectivity index (χ1v) is 8.74. The zero-order valence-electron chi connectivity index (χ0n) is 15.4. The largest absolute Gasteiger partial charge is 0.497 e. The molecule has 3 rings (SSSR count). The third-order valence-electron chi connectivity index (χ3n) is 4.92. The Balaban J connectivity index is 1.68. The van der Waals surface area contributed by atoms with Gasteiger partial charge in [0.15, 0.2) is 0 Å². The lowest BCUT2D eigenvalue weighted by atomic mass is 9.86. The number of nitrogens with one attached hydrogen (secondary N) is 1. The molecule has 140 valence electrons. The van der Waals surface area contributed by atoms with Crippen LogP contribution in [0.15, 0.2) is 34.9 Å². The van der Waals surface area contributed by atoms with E-state index in [9.17, 15) is 9.90 Å². The van der Waals surface area contributed by atoms with Gasteiger partial charge in [0, 0.05) is 12.1 Å². The number of likely N-dealkylation sites (tertiary alicyclic amines) is 1. The molecule has 1 aromatic heterocycles. The van der Waals surface area contributed by atoms with Crippen molar-refractivity contribution in [1.82, 2.24) is 10.1 Å². The number of aliphatic hydroxyl groups is 1. The molecule has 1 aromatic carbocycles. The van der Waals surface area contributed by atoms with Crippen molar-refractivity contribution < 1.29 is 19.2 Å². The molecule has 0 bridgehead atoms. The number of hydrogen-bond donors (Lipinski definition) is 2. The van der Waals surface area contributed by atoms with Crippen molar-refractivity contribution in [3.8, 4) is 5.75 Å². The molecule has 1 fully saturated rings. The zero-order valence-corrected chi connectivity index (χ0v) is 15.4. The van der Waals surface area contributed by atoms with Gasteiger partial charge in [-0.25, -0.2) is 0 Å². The van der Waals surface area contributed by atoms with Gasteiger partial charge in [-0.3, -0.25) is 15.0 Å². The van der Waals surface area contributed by atoms with Crippen molar-refractivity contribution >= 4 is 11.8 Å². The highest BCUT2D eigenvalue weighted by Crippen LogP contribution is 2.35. The van der Waals surface area contributed by atoms with E-state index >= 15 is 0 Å². The number of methoxy groups -OCH3 is 1. The molecular formula is C19H25N3O4. The van der Waals surface area contributed by atoms with Gasteiger partial charge < -0.3 is 14.4 Å². The molecule has 1 saturated heterocycles. The number of aromatic nitrogens is 1. The summed E-state index contributed by atoms with van der Waals surface area (Å²) < 4.78 is 10.2. The van der Waals surface area contributed by atoms with Crippen LogP contribution in [-0.4, -0.2) is 47.3 Å². The van der Waals surface area contributed by atoms with Crippen LogP contribution in [0.3, 0.4) is 0 Å². The number of nitrogens with zero attached hydrogens (tertiary/aromatic N) is 2. The molecule has 1 aliphatic rings. The lowest BCUT2D eigenvalue weighted by Gasteiger charge is -2.36.